The largest absolute Gasteiger partial charge is 0.395 e. The van der Waals surface area contributed by atoms with Crippen molar-refractivity contribution in [1.29, 1.82) is 0 Å². The Labute approximate surface area is 106 Å². The van der Waals surface area contributed by atoms with Gasteiger partial charge in [0.05, 0.1) is 24.8 Å². The minimum Gasteiger partial charge on any atom is -0.395 e. The average molecular weight is 253 g/mol. The summed E-state index contributed by atoms with van der Waals surface area (Å²) in [6.45, 7) is 1.00. The number of H-pyrrole nitrogens is 1. The molecule has 1 aromatic rings. The molecule has 18 heavy (non-hydrogen) atoms. The number of ether oxygens (including phenoxy) is 1. The van der Waals surface area contributed by atoms with E-state index in [9.17, 15) is 4.79 Å². The van der Waals surface area contributed by atoms with Crippen LogP contribution in [0.15, 0.2) is 12.4 Å². The van der Waals surface area contributed by atoms with Crippen molar-refractivity contribution in [1.82, 2.24) is 15.1 Å². The molecule has 1 aromatic heterocycles. The number of aliphatic hydroxyl groups excluding tert-OH is 1. The van der Waals surface area contributed by atoms with Crippen LogP contribution in [0.1, 0.15) is 24.5 Å². The number of hydrogen-bond acceptors (Lipinski definition) is 4. The lowest BCUT2D eigenvalue weighted by Crippen LogP contribution is -2.39. The van der Waals surface area contributed by atoms with E-state index in [1.807, 2.05) is 0 Å². The SMILES string of the molecule is CN(CCO)C(=O)[C@@H]1CCCO[C@H]1c1cn[nH]c1. The summed E-state index contributed by atoms with van der Waals surface area (Å²) in [6.07, 6.45) is 4.93. The van der Waals surface area contributed by atoms with Crippen LogP contribution in [0.3, 0.4) is 0 Å². The molecule has 1 aliphatic rings. The summed E-state index contributed by atoms with van der Waals surface area (Å²) in [6, 6.07) is 0. The summed E-state index contributed by atoms with van der Waals surface area (Å²) in [7, 11) is 1.71. The van der Waals surface area contributed by atoms with Gasteiger partial charge >= 0.3 is 0 Å². The number of aromatic nitrogens is 2. The monoisotopic (exact) mass is 253 g/mol. The highest BCUT2D eigenvalue weighted by atomic mass is 16.5. The van der Waals surface area contributed by atoms with Gasteiger partial charge in [0.15, 0.2) is 0 Å². The first kappa shape index (κ1) is 13.0. The normalized spacial score (nSPS) is 23.9. The smallest absolute Gasteiger partial charge is 0.228 e. The minimum atomic E-state index is -0.230. The molecule has 0 radical (unpaired) electrons. The van der Waals surface area contributed by atoms with Gasteiger partial charge in [-0.3, -0.25) is 9.89 Å². The molecule has 0 aliphatic carbocycles. The van der Waals surface area contributed by atoms with E-state index in [1.54, 1.807) is 24.3 Å². The summed E-state index contributed by atoms with van der Waals surface area (Å²) >= 11 is 0. The van der Waals surface area contributed by atoms with Crippen LogP contribution < -0.4 is 0 Å². The standard InChI is InChI=1S/C12H19N3O3/c1-15(4-5-16)12(17)10-3-2-6-18-11(10)9-7-13-14-8-9/h7-8,10-11,16H,2-6H2,1H3,(H,13,14)/t10-,11+/m1/s1. The number of nitrogens with one attached hydrogen (secondary N) is 1. The van der Waals surface area contributed by atoms with Crippen molar-refractivity contribution >= 4 is 5.91 Å². The van der Waals surface area contributed by atoms with Gasteiger partial charge in [0.1, 0.15) is 0 Å². The maximum atomic E-state index is 12.3. The van der Waals surface area contributed by atoms with Gasteiger partial charge in [0.25, 0.3) is 0 Å². The molecule has 1 fully saturated rings. The summed E-state index contributed by atoms with van der Waals surface area (Å²) in [5.74, 6) is -0.164. The van der Waals surface area contributed by atoms with Gasteiger partial charge in [-0.2, -0.15) is 5.10 Å². The summed E-state index contributed by atoms with van der Waals surface area (Å²) in [5, 5.41) is 15.5. The van der Waals surface area contributed by atoms with Crippen molar-refractivity contribution in [3.63, 3.8) is 0 Å². The summed E-state index contributed by atoms with van der Waals surface area (Å²) in [5.41, 5.74) is 0.908. The molecule has 2 N–H and O–H groups in total. The zero-order valence-electron chi connectivity index (χ0n) is 10.5. The Morgan fingerprint density at radius 1 is 1.72 bits per heavy atom. The third-order valence-corrected chi connectivity index (χ3v) is 3.30. The van der Waals surface area contributed by atoms with Crippen molar-refractivity contribution in [2.75, 3.05) is 26.8 Å². The van der Waals surface area contributed by atoms with Crippen molar-refractivity contribution < 1.29 is 14.6 Å². The third kappa shape index (κ3) is 2.70. The number of aromatic amines is 1. The molecule has 2 rings (SSSR count). The Morgan fingerprint density at radius 2 is 2.56 bits per heavy atom. The predicted molar refractivity (Wildman–Crippen MR) is 64.7 cm³/mol. The number of likely N-dealkylation sites (N-methyl/N-ethyl adjacent to an activating group) is 1. The number of hydrogen-bond donors (Lipinski definition) is 2. The van der Waals surface area contributed by atoms with Gasteiger partial charge in [-0.05, 0) is 12.8 Å². The number of carbonyl (C=O) groups excluding carboxylic acids is 1. The maximum Gasteiger partial charge on any atom is 0.228 e. The molecule has 100 valence electrons. The van der Waals surface area contributed by atoms with E-state index in [2.05, 4.69) is 10.2 Å². The number of carbonyl (C=O) groups is 1. The zero-order chi connectivity index (χ0) is 13.0. The van der Waals surface area contributed by atoms with Crippen LogP contribution in [0.4, 0.5) is 0 Å². The zero-order valence-corrected chi connectivity index (χ0v) is 10.5. The lowest BCUT2D eigenvalue weighted by atomic mass is 9.89. The van der Waals surface area contributed by atoms with E-state index in [4.69, 9.17) is 9.84 Å². The lowest BCUT2D eigenvalue weighted by Gasteiger charge is -2.32. The van der Waals surface area contributed by atoms with Crippen LogP contribution in [0, 0.1) is 5.92 Å². The predicted octanol–water partition coefficient (Wildman–Crippen LogP) is 0.328. The van der Waals surface area contributed by atoms with E-state index in [0.29, 0.717) is 13.2 Å². The van der Waals surface area contributed by atoms with Crippen molar-refractivity contribution in [3.8, 4) is 0 Å². The minimum absolute atomic E-state index is 0.0216. The molecule has 0 aromatic carbocycles. The lowest BCUT2D eigenvalue weighted by molar-refractivity contribution is -0.144. The Kier molecular flexibility index (Phi) is 4.33. The molecule has 0 spiro atoms. The van der Waals surface area contributed by atoms with Crippen LogP contribution >= 0.6 is 0 Å². The fraction of sp³-hybridized carbons (Fsp3) is 0.667. The molecule has 1 aliphatic heterocycles. The Morgan fingerprint density at radius 3 is 3.22 bits per heavy atom. The highest BCUT2D eigenvalue weighted by Crippen LogP contribution is 2.34. The van der Waals surface area contributed by atoms with Gasteiger partial charge in [-0.1, -0.05) is 0 Å². The van der Waals surface area contributed by atoms with Gasteiger partial charge in [-0.15, -0.1) is 0 Å². The third-order valence-electron chi connectivity index (χ3n) is 3.30. The molecule has 0 unspecified atom stereocenters. The first-order chi connectivity index (χ1) is 8.74. The fourth-order valence-electron chi connectivity index (χ4n) is 2.32. The quantitative estimate of drug-likeness (QED) is 0.810. The van der Waals surface area contributed by atoms with E-state index in [1.165, 1.54) is 0 Å². The second-order valence-electron chi connectivity index (χ2n) is 4.56. The second kappa shape index (κ2) is 5.97. The Hall–Kier alpha value is -1.40. The highest BCUT2D eigenvalue weighted by molar-refractivity contribution is 5.79. The van der Waals surface area contributed by atoms with Gasteiger partial charge < -0.3 is 14.7 Å². The number of rotatable bonds is 4. The van der Waals surface area contributed by atoms with E-state index in [-0.39, 0.29) is 24.5 Å². The topological polar surface area (TPSA) is 78.4 Å². The van der Waals surface area contributed by atoms with E-state index >= 15 is 0 Å². The average Bonchev–Trinajstić information content (AvgIpc) is 2.92. The van der Waals surface area contributed by atoms with E-state index in [0.717, 1.165) is 18.4 Å². The number of aliphatic hydroxyl groups is 1. The van der Waals surface area contributed by atoms with Crippen LogP contribution in [0.2, 0.25) is 0 Å². The molecular formula is C12H19N3O3. The Balaban J connectivity index is 2.10. The summed E-state index contributed by atoms with van der Waals surface area (Å²) in [4.78, 5) is 13.9. The second-order valence-corrected chi connectivity index (χ2v) is 4.56. The number of nitrogens with zero attached hydrogens (tertiary/aromatic N) is 2. The molecule has 6 nitrogen and oxygen atoms in total. The number of amides is 1. The molecule has 0 bridgehead atoms. The van der Waals surface area contributed by atoms with Crippen LogP contribution in [-0.2, 0) is 9.53 Å². The first-order valence-corrected chi connectivity index (χ1v) is 6.20. The molecular weight excluding hydrogens is 234 g/mol. The van der Waals surface area contributed by atoms with Crippen LogP contribution in [0.25, 0.3) is 0 Å². The molecule has 1 saturated heterocycles. The molecule has 2 heterocycles. The van der Waals surface area contributed by atoms with Gasteiger partial charge in [-0.25, -0.2) is 0 Å². The fourth-order valence-corrected chi connectivity index (χ4v) is 2.32. The van der Waals surface area contributed by atoms with Gasteiger partial charge in [0, 0.05) is 32.0 Å². The van der Waals surface area contributed by atoms with Gasteiger partial charge in [0.2, 0.25) is 5.91 Å². The highest BCUT2D eigenvalue weighted by Gasteiger charge is 2.35. The maximum absolute atomic E-state index is 12.3. The Bertz CT molecular complexity index is 380. The van der Waals surface area contributed by atoms with Crippen LogP contribution in [0.5, 0.6) is 0 Å². The molecule has 2 atom stereocenters. The van der Waals surface area contributed by atoms with Crippen molar-refractivity contribution in [2.24, 2.45) is 5.92 Å². The molecule has 6 heteroatoms. The first-order valence-electron chi connectivity index (χ1n) is 6.20. The van der Waals surface area contributed by atoms with Crippen LogP contribution in [-0.4, -0.2) is 52.9 Å². The van der Waals surface area contributed by atoms with Crippen molar-refractivity contribution in [3.05, 3.63) is 18.0 Å². The van der Waals surface area contributed by atoms with E-state index < -0.39 is 0 Å². The van der Waals surface area contributed by atoms with Crippen molar-refractivity contribution in [2.45, 2.75) is 18.9 Å². The summed E-state index contributed by atoms with van der Waals surface area (Å²) < 4.78 is 5.71. The molecule has 0 saturated carbocycles. The molecule has 1 amide bonds.